The minimum absolute atomic E-state index is 0.0318. The number of alkyl halides is 4. The number of hydrogen-bond acceptors (Lipinski definition) is 3. The molecule has 0 aliphatic heterocycles. The predicted molar refractivity (Wildman–Crippen MR) is 141 cm³/mol. The van der Waals surface area contributed by atoms with E-state index in [1.54, 1.807) is 18.2 Å². The summed E-state index contributed by atoms with van der Waals surface area (Å²) >= 11 is 6.10. The second-order valence-electron chi connectivity index (χ2n) is 9.13. The first kappa shape index (κ1) is 28.1. The van der Waals surface area contributed by atoms with Gasteiger partial charge in [-0.2, -0.15) is 17.6 Å². The number of rotatable bonds is 10. The molecule has 0 bridgehead atoms. The van der Waals surface area contributed by atoms with Gasteiger partial charge in [-0.25, -0.2) is 0 Å². The SMILES string of the molecule is Cc1ccc(CC(=O)NC(Cc2ccccc2)(c2cccc(OC(F)(F)C(F)F)c2)c2ccc(Cl)cn2)cc1. The number of hydrogen-bond donors (Lipinski definition) is 1. The van der Waals surface area contributed by atoms with E-state index in [1.165, 1.54) is 18.3 Å². The molecule has 0 fully saturated rings. The van der Waals surface area contributed by atoms with Crippen LogP contribution in [-0.4, -0.2) is 23.4 Å². The van der Waals surface area contributed by atoms with Crippen LogP contribution in [0.25, 0.3) is 0 Å². The summed E-state index contributed by atoms with van der Waals surface area (Å²) in [5, 5.41) is 3.42. The number of carbonyl (C=O) groups is 1. The van der Waals surface area contributed by atoms with Gasteiger partial charge in [-0.05, 0) is 47.9 Å². The van der Waals surface area contributed by atoms with Crippen molar-refractivity contribution >= 4 is 17.5 Å². The molecule has 0 spiro atoms. The monoisotopic (exact) mass is 556 g/mol. The van der Waals surface area contributed by atoms with Crippen LogP contribution in [0.1, 0.15) is 27.9 Å². The van der Waals surface area contributed by atoms with Crippen molar-refractivity contribution in [1.29, 1.82) is 0 Å². The van der Waals surface area contributed by atoms with Gasteiger partial charge in [-0.1, -0.05) is 83.9 Å². The van der Waals surface area contributed by atoms with Crippen LogP contribution >= 0.6 is 11.6 Å². The summed E-state index contributed by atoms with van der Waals surface area (Å²) in [6.45, 7) is 1.94. The van der Waals surface area contributed by atoms with Crippen molar-refractivity contribution in [1.82, 2.24) is 10.3 Å². The van der Waals surface area contributed by atoms with Crippen molar-refractivity contribution in [2.75, 3.05) is 0 Å². The molecule has 0 aliphatic carbocycles. The molecule has 0 radical (unpaired) electrons. The van der Waals surface area contributed by atoms with Gasteiger partial charge in [0.2, 0.25) is 5.91 Å². The standard InChI is InChI=1S/C30H25ClF4N2O2/c1-20-10-12-21(13-11-20)16-27(38)37-29(18-22-6-3-2-4-7-22,26-15-14-24(31)19-36-26)23-8-5-9-25(17-23)39-30(34,35)28(32)33/h2-15,17,19,28H,16,18H2,1H3,(H,37,38). The van der Waals surface area contributed by atoms with Crippen LogP contribution in [0.5, 0.6) is 5.75 Å². The Kier molecular flexibility index (Phi) is 8.55. The Balaban J connectivity index is 1.83. The minimum atomic E-state index is -4.70. The highest BCUT2D eigenvalue weighted by molar-refractivity contribution is 6.30. The van der Waals surface area contributed by atoms with Crippen LogP contribution in [-0.2, 0) is 23.2 Å². The van der Waals surface area contributed by atoms with Crippen LogP contribution in [0, 0.1) is 6.92 Å². The van der Waals surface area contributed by atoms with E-state index >= 15 is 0 Å². The largest absolute Gasteiger partial charge is 0.461 e. The Morgan fingerprint density at radius 1 is 0.949 bits per heavy atom. The third kappa shape index (κ3) is 6.95. The molecule has 1 heterocycles. The highest BCUT2D eigenvalue weighted by Gasteiger charge is 2.44. The van der Waals surface area contributed by atoms with Crippen molar-refractivity contribution in [3.8, 4) is 5.75 Å². The maximum atomic E-state index is 13.8. The molecule has 1 N–H and O–H groups in total. The first-order valence-electron chi connectivity index (χ1n) is 12.1. The van der Waals surface area contributed by atoms with Gasteiger partial charge < -0.3 is 10.1 Å². The van der Waals surface area contributed by atoms with Crippen LogP contribution in [0.4, 0.5) is 17.6 Å². The Hall–Kier alpha value is -3.91. The van der Waals surface area contributed by atoms with Crippen LogP contribution < -0.4 is 10.1 Å². The Morgan fingerprint density at radius 3 is 2.31 bits per heavy atom. The van der Waals surface area contributed by atoms with Gasteiger partial charge in [0.1, 0.15) is 11.3 Å². The van der Waals surface area contributed by atoms with Gasteiger partial charge in [0.05, 0.1) is 17.1 Å². The zero-order chi connectivity index (χ0) is 28.0. The van der Waals surface area contributed by atoms with Gasteiger partial charge >= 0.3 is 12.5 Å². The number of halogens is 5. The second-order valence-corrected chi connectivity index (χ2v) is 9.57. The molecule has 0 aliphatic rings. The fourth-order valence-electron chi connectivity index (χ4n) is 4.25. The average molecular weight is 557 g/mol. The molecule has 1 unspecified atom stereocenters. The van der Waals surface area contributed by atoms with E-state index in [0.717, 1.165) is 22.8 Å². The van der Waals surface area contributed by atoms with E-state index in [2.05, 4.69) is 15.0 Å². The van der Waals surface area contributed by atoms with Crippen molar-refractivity contribution in [3.05, 3.63) is 130 Å². The number of ether oxygens (including phenoxy) is 1. The molecule has 0 saturated carbocycles. The molecule has 1 atom stereocenters. The summed E-state index contributed by atoms with van der Waals surface area (Å²) in [5.74, 6) is -0.854. The van der Waals surface area contributed by atoms with Crippen molar-refractivity contribution in [2.24, 2.45) is 0 Å². The topological polar surface area (TPSA) is 51.2 Å². The Labute approximate surface area is 228 Å². The Morgan fingerprint density at radius 2 is 1.67 bits per heavy atom. The number of aromatic nitrogens is 1. The maximum Gasteiger partial charge on any atom is 0.461 e. The number of pyridine rings is 1. The number of nitrogens with one attached hydrogen (secondary N) is 1. The number of amides is 1. The molecule has 4 aromatic rings. The van der Waals surface area contributed by atoms with Gasteiger partial charge in [-0.3, -0.25) is 9.78 Å². The smallest absolute Gasteiger partial charge is 0.428 e. The lowest BCUT2D eigenvalue weighted by atomic mass is 9.80. The summed E-state index contributed by atoms with van der Waals surface area (Å²) in [5.41, 5.74) is 1.89. The second kappa shape index (κ2) is 11.9. The van der Waals surface area contributed by atoms with E-state index < -0.39 is 23.8 Å². The molecule has 1 aromatic heterocycles. The number of benzene rings is 3. The van der Waals surface area contributed by atoms with E-state index in [9.17, 15) is 22.4 Å². The lowest BCUT2D eigenvalue weighted by molar-refractivity contribution is -0.253. The number of carbonyl (C=O) groups excluding carboxylic acids is 1. The van der Waals surface area contributed by atoms with Crippen LogP contribution in [0.2, 0.25) is 5.02 Å². The molecule has 4 rings (SSSR count). The summed E-state index contributed by atoms with van der Waals surface area (Å²) in [6, 6.07) is 25.2. The highest BCUT2D eigenvalue weighted by atomic mass is 35.5. The molecular formula is C30H25ClF4N2O2. The summed E-state index contributed by atoms with van der Waals surface area (Å²) in [7, 11) is 0. The molecular weight excluding hydrogens is 532 g/mol. The van der Waals surface area contributed by atoms with E-state index in [-0.39, 0.29) is 18.7 Å². The van der Waals surface area contributed by atoms with E-state index in [1.807, 2.05) is 61.5 Å². The van der Waals surface area contributed by atoms with Gasteiger partial charge in [0.15, 0.2) is 0 Å². The third-order valence-electron chi connectivity index (χ3n) is 6.15. The molecule has 1 amide bonds. The molecule has 202 valence electrons. The quantitative estimate of drug-likeness (QED) is 0.212. The van der Waals surface area contributed by atoms with Crippen molar-refractivity contribution in [3.63, 3.8) is 0 Å². The fourth-order valence-corrected chi connectivity index (χ4v) is 4.36. The lowest BCUT2D eigenvalue weighted by Crippen LogP contribution is -2.49. The highest BCUT2D eigenvalue weighted by Crippen LogP contribution is 2.36. The van der Waals surface area contributed by atoms with E-state index in [0.29, 0.717) is 16.3 Å². The fraction of sp³-hybridized carbons (Fsp3) is 0.200. The normalized spacial score (nSPS) is 13.1. The molecule has 3 aromatic carbocycles. The summed E-state index contributed by atoms with van der Waals surface area (Å²) < 4.78 is 57.7. The lowest BCUT2D eigenvalue weighted by Gasteiger charge is -2.36. The first-order valence-corrected chi connectivity index (χ1v) is 12.4. The van der Waals surface area contributed by atoms with Crippen molar-refractivity contribution < 1.29 is 27.1 Å². The van der Waals surface area contributed by atoms with Gasteiger partial charge in [0.25, 0.3) is 0 Å². The molecule has 4 nitrogen and oxygen atoms in total. The Bertz CT molecular complexity index is 1400. The number of aryl methyl sites for hydroxylation is 1. The third-order valence-corrected chi connectivity index (χ3v) is 6.37. The zero-order valence-corrected chi connectivity index (χ0v) is 21.6. The predicted octanol–water partition coefficient (Wildman–Crippen LogP) is 7.13. The molecule has 9 heteroatoms. The number of nitrogens with zero attached hydrogens (tertiary/aromatic N) is 1. The van der Waals surface area contributed by atoms with Crippen molar-refractivity contribution in [2.45, 2.75) is 37.8 Å². The summed E-state index contributed by atoms with van der Waals surface area (Å²) in [6.07, 6.45) is -7.12. The van der Waals surface area contributed by atoms with Gasteiger partial charge in [-0.15, -0.1) is 0 Å². The summed E-state index contributed by atoms with van der Waals surface area (Å²) in [4.78, 5) is 18.0. The average Bonchev–Trinajstić information content (AvgIpc) is 2.90. The van der Waals surface area contributed by atoms with Crippen LogP contribution in [0.3, 0.4) is 0 Å². The molecule has 0 saturated heterocycles. The molecule has 39 heavy (non-hydrogen) atoms. The van der Waals surface area contributed by atoms with Crippen LogP contribution in [0.15, 0.2) is 97.2 Å². The maximum absolute atomic E-state index is 13.8. The minimum Gasteiger partial charge on any atom is -0.428 e. The first-order chi connectivity index (χ1) is 18.6. The zero-order valence-electron chi connectivity index (χ0n) is 20.9. The van der Waals surface area contributed by atoms with E-state index in [4.69, 9.17) is 11.6 Å². The van der Waals surface area contributed by atoms with Gasteiger partial charge in [0, 0.05) is 12.6 Å².